The smallest absolute Gasteiger partial charge is 0.309 e. The van der Waals surface area contributed by atoms with Crippen LogP contribution >= 0.6 is 0 Å². The van der Waals surface area contributed by atoms with E-state index < -0.39 is 0 Å². The van der Waals surface area contributed by atoms with Gasteiger partial charge in [0.05, 0.1) is 18.1 Å². The minimum Gasteiger partial charge on any atom is -0.460 e. The van der Waals surface area contributed by atoms with E-state index in [1.807, 2.05) is 20.8 Å². The molecular formula is C16H22O3. The van der Waals surface area contributed by atoms with Gasteiger partial charge in [0.1, 0.15) is 5.60 Å². The summed E-state index contributed by atoms with van der Waals surface area (Å²) in [6, 6.07) is 0. The average Bonchev–Trinajstić information content (AvgIpc) is 3.04. The molecule has 0 aromatic carbocycles. The summed E-state index contributed by atoms with van der Waals surface area (Å²) in [6.07, 6.45) is 7.27. The van der Waals surface area contributed by atoms with Gasteiger partial charge in [-0.3, -0.25) is 4.79 Å². The lowest BCUT2D eigenvalue weighted by molar-refractivity contribution is -0.163. The Morgan fingerprint density at radius 3 is 2.53 bits per heavy atom. The van der Waals surface area contributed by atoms with E-state index in [1.54, 1.807) is 0 Å². The van der Waals surface area contributed by atoms with Crippen molar-refractivity contribution in [2.45, 2.75) is 51.4 Å². The second-order valence-corrected chi connectivity index (χ2v) is 7.64. The predicted molar refractivity (Wildman–Crippen MR) is 70.3 cm³/mol. The molecule has 19 heavy (non-hydrogen) atoms. The van der Waals surface area contributed by atoms with Crippen molar-refractivity contribution in [2.24, 2.45) is 29.6 Å². The molecule has 2 saturated carbocycles. The molecule has 0 N–H and O–H groups in total. The fourth-order valence-electron chi connectivity index (χ4n) is 4.98. The van der Waals surface area contributed by atoms with Crippen molar-refractivity contribution in [1.29, 1.82) is 0 Å². The second-order valence-electron chi connectivity index (χ2n) is 7.64. The third-order valence-corrected chi connectivity index (χ3v) is 5.40. The van der Waals surface area contributed by atoms with Crippen LogP contribution in [0.1, 0.15) is 33.6 Å². The van der Waals surface area contributed by atoms with Gasteiger partial charge in [0.15, 0.2) is 0 Å². The molecule has 0 radical (unpaired) electrons. The standard InChI is InChI=1S/C16H22O3/c1-16(2,3)19-15(17)10-7-8-6-9(10)14-12-5-4-11(18-12)13(8)14/h4-5,8-14H,6-7H2,1-3H3. The van der Waals surface area contributed by atoms with Crippen molar-refractivity contribution in [2.75, 3.05) is 0 Å². The van der Waals surface area contributed by atoms with Crippen molar-refractivity contribution in [3.8, 4) is 0 Å². The van der Waals surface area contributed by atoms with Crippen LogP contribution in [0.4, 0.5) is 0 Å². The summed E-state index contributed by atoms with van der Waals surface area (Å²) < 4.78 is 11.6. The summed E-state index contributed by atoms with van der Waals surface area (Å²) in [5.41, 5.74) is -0.372. The summed E-state index contributed by atoms with van der Waals surface area (Å²) in [5, 5.41) is 0. The van der Waals surface area contributed by atoms with Gasteiger partial charge in [0.25, 0.3) is 0 Å². The highest BCUT2D eigenvalue weighted by Gasteiger charge is 2.63. The molecule has 7 atom stereocenters. The lowest BCUT2D eigenvalue weighted by Gasteiger charge is -2.34. The van der Waals surface area contributed by atoms with E-state index in [0.717, 1.165) is 6.42 Å². The highest BCUT2D eigenvalue weighted by molar-refractivity contribution is 5.74. The maximum Gasteiger partial charge on any atom is 0.309 e. The first kappa shape index (κ1) is 12.0. The van der Waals surface area contributed by atoms with Crippen LogP contribution in [0.15, 0.2) is 12.2 Å². The van der Waals surface area contributed by atoms with Gasteiger partial charge in [-0.2, -0.15) is 0 Å². The topological polar surface area (TPSA) is 35.5 Å². The number of fused-ring (bicyclic) bond motifs is 9. The van der Waals surface area contributed by atoms with Gasteiger partial charge < -0.3 is 9.47 Å². The minimum atomic E-state index is -0.372. The Bertz CT molecular complexity index is 447. The summed E-state index contributed by atoms with van der Waals surface area (Å²) in [5.74, 6) is 2.55. The Morgan fingerprint density at radius 1 is 1.16 bits per heavy atom. The molecule has 3 nitrogen and oxygen atoms in total. The molecule has 2 aliphatic carbocycles. The van der Waals surface area contributed by atoms with Gasteiger partial charge in [-0.15, -0.1) is 0 Å². The maximum absolute atomic E-state index is 12.4. The highest BCUT2D eigenvalue weighted by atomic mass is 16.6. The molecule has 1 saturated heterocycles. The molecule has 2 aliphatic heterocycles. The monoisotopic (exact) mass is 262 g/mol. The lowest BCUT2D eigenvalue weighted by atomic mass is 9.69. The van der Waals surface area contributed by atoms with Gasteiger partial charge in [0.2, 0.25) is 0 Å². The van der Waals surface area contributed by atoms with Crippen LogP contribution in [-0.4, -0.2) is 23.8 Å². The van der Waals surface area contributed by atoms with Crippen LogP contribution in [0.3, 0.4) is 0 Å². The largest absolute Gasteiger partial charge is 0.460 e. The number of hydrogen-bond acceptors (Lipinski definition) is 3. The highest BCUT2D eigenvalue weighted by Crippen LogP contribution is 2.63. The fraction of sp³-hybridized carbons (Fsp3) is 0.812. The molecular weight excluding hydrogens is 240 g/mol. The van der Waals surface area contributed by atoms with Crippen molar-refractivity contribution in [3.63, 3.8) is 0 Å². The van der Waals surface area contributed by atoms with Crippen molar-refractivity contribution < 1.29 is 14.3 Å². The molecule has 2 heterocycles. The van der Waals surface area contributed by atoms with E-state index in [2.05, 4.69) is 12.2 Å². The average molecular weight is 262 g/mol. The molecule has 0 amide bonds. The Balaban J connectivity index is 1.54. The van der Waals surface area contributed by atoms with Crippen LogP contribution in [0.25, 0.3) is 0 Å². The molecule has 4 aliphatic rings. The normalized spacial score (nSPS) is 49.7. The molecule has 7 unspecified atom stereocenters. The van der Waals surface area contributed by atoms with Crippen LogP contribution in [0, 0.1) is 29.6 Å². The van der Waals surface area contributed by atoms with Crippen LogP contribution in [-0.2, 0) is 14.3 Å². The number of esters is 1. The second kappa shape index (κ2) is 3.63. The first-order valence-electron chi connectivity index (χ1n) is 7.51. The van der Waals surface area contributed by atoms with E-state index in [0.29, 0.717) is 29.8 Å². The number of rotatable bonds is 1. The van der Waals surface area contributed by atoms with E-state index in [4.69, 9.17) is 9.47 Å². The third kappa shape index (κ3) is 1.63. The summed E-state index contributed by atoms with van der Waals surface area (Å²) in [6.45, 7) is 5.85. The zero-order chi connectivity index (χ0) is 13.4. The SMILES string of the molecule is CC(C)(C)OC(=O)C1CC2CC1C1C3C=CC(O3)C21. The van der Waals surface area contributed by atoms with Gasteiger partial charge >= 0.3 is 5.97 Å². The van der Waals surface area contributed by atoms with E-state index in [9.17, 15) is 4.79 Å². The van der Waals surface area contributed by atoms with E-state index in [1.165, 1.54) is 6.42 Å². The first-order valence-corrected chi connectivity index (χ1v) is 7.51. The minimum absolute atomic E-state index is 0.0187. The van der Waals surface area contributed by atoms with Gasteiger partial charge in [0, 0.05) is 0 Å². The quantitative estimate of drug-likeness (QED) is 0.538. The molecule has 4 bridgehead atoms. The van der Waals surface area contributed by atoms with Crippen LogP contribution < -0.4 is 0 Å². The van der Waals surface area contributed by atoms with Gasteiger partial charge in [-0.25, -0.2) is 0 Å². The van der Waals surface area contributed by atoms with Crippen LogP contribution in [0.2, 0.25) is 0 Å². The Morgan fingerprint density at radius 2 is 1.84 bits per heavy atom. The van der Waals surface area contributed by atoms with Crippen molar-refractivity contribution in [1.82, 2.24) is 0 Å². The number of hydrogen-bond donors (Lipinski definition) is 0. The number of carbonyl (C=O) groups excluding carboxylic acids is 1. The molecule has 3 fully saturated rings. The fourth-order valence-corrected chi connectivity index (χ4v) is 4.98. The van der Waals surface area contributed by atoms with Gasteiger partial charge in [-0.05, 0) is 57.3 Å². The van der Waals surface area contributed by atoms with Gasteiger partial charge in [-0.1, -0.05) is 12.2 Å². The molecule has 0 spiro atoms. The zero-order valence-electron chi connectivity index (χ0n) is 11.8. The van der Waals surface area contributed by atoms with Crippen molar-refractivity contribution in [3.05, 3.63) is 12.2 Å². The Kier molecular flexibility index (Phi) is 2.28. The van der Waals surface area contributed by atoms with Crippen molar-refractivity contribution >= 4 is 5.97 Å². The Labute approximate surface area is 114 Å². The number of ether oxygens (including phenoxy) is 2. The van der Waals surface area contributed by atoms with E-state index >= 15 is 0 Å². The predicted octanol–water partition coefficient (Wildman–Crippen LogP) is 2.55. The lowest BCUT2D eigenvalue weighted by Crippen LogP contribution is -2.39. The Hall–Kier alpha value is -0.830. The molecule has 3 heteroatoms. The summed E-state index contributed by atoms with van der Waals surface area (Å²) >= 11 is 0. The number of carbonyl (C=O) groups is 1. The molecule has 104 valence electrons. The molecule has 0 aromatic rings. The maximum atomic E-state index is 12.4. The van der Waals surface area contributed by atoms with Crippen LogP contribution in [0.5, 0.6) is 0 Å². The van der Waals surface area contributed by atoms with E-state index in [-0.39, 0.29) is 23.6 Å². The third-order valence-electron chi connectivity index (χ3n) is 5.40. The zero-order valence-corrected chi connectivity index (χ0v) is 11.8. The summed E-state index contributed by atoms with van der Waals surface area (Å²) in [7, 11) is 0. The molecule has 0 aromatic heterocycles. The summed E-state index contributed by atoms with van der Waals surface area (Å²) in [4.78, 5) is 12.4. The molecule has 4 rings (SSSR count). The first-order chi connectivity index (χ1) is 8.94.